The minimum Gasteiger partial charge on any atom is -0.396 e. The number of hydrogen-bond donors (Lipinski definition) is 2. The number of nitrogens with zero attached hydrogens (tertiary/aromatic N) is 2. The van der Waals surface area contributed by atoms with Crippen molar-refractivity contribution in [1.29, 1.82) is 0 Å². The van der Waals surface area contributed by atoms with Crippen LogP contribution in [0.3, 0.4) is 0 Å². The van der Waals surface area contributed by atoms with Crippen molar-refractivity contribution in [3.63, 3.8) is 0 Å². The Bertz CT molecular complexity index is 470. The zero-order valence-electron chi connectivity index (χ0n) is 15.6. The van der Waals surface area contributed by atoms with Gasteiger partial charge in [-0.15, -0.1) is 11.8 Å². The van der Waals surface area contributed by atoms with Gasteiger partial charge in [0.15, 0.2) is 5.96 Å². The lowest BCUT2D eigenvalue weighted by Crippen LogP contribution is -2.38. The van der Waals surface area contributed by atoms with E-state index in [2.05, 4.69) is 61.6 Å². The van der Waals surface area contributed by atoms with Gasteiger partial charge >= 0.3 is 0 Å². The van der Waals surface area contributed by atoms with Gasteiger partial charge in [0.2, 0.25) is 0 Å². The van der Waals surface area contributed by atoms with Crippen LogP contribution in [0.25, 0.3) is 0 Å². The molecule has 1 aromatic carbocycles. The van der Waals surface area contributed by atoms with Crippen molar-refractivity contribution in [1.82, 2.24) is 10.2 Å². The summed E-state index contributed by atoms with van der Waals surface area (Å²) in [5.41, 5.74) is 1.28. The summed E-state index contributed by atoms with van der Waals surface area (Å²) >= 11 is 1.76. The molecule has 0 amide bonds. The number of benzene rings is 1. The van der Waals surface area contributed by atoms with Crippen molar-refractivity contribution < 1.29 is 5.11 Å². The van der Waals surface area contributed by atoms with Crippen LogP contribution in [0.1, 0.15) is 38.7 Å². The minimum absolute atomic E-state index is 0.244. The van der Waals surface area contributed by atoms with Crippen LogP contribution < -0.4 is 5.32 Å². The molecule has 0 spiro atoms. The molecule has 136 valence electrons. The molecule has 0 saturated heterocycles. The number of aliphatic imine (C=N–C) groups is 1. The molecule has 1 rings (SSSR count). The fraction of sp³-hybridized carbons (Fsp3) is 0.632. The number of aliphatic hydroxyl groups excluding tert-OH is 1. The van der Waals surface area contributed by atoms with Gasteiger partial charge < -0.3 is 15.3 Å². The van der Waals surface area contributed by atoms with Crippen LogP contribution in [0.2, 0.25) is 0 Å². The van der Waals surface area contributed by atoms with Gasteiger partial charge in [0.05, 0.1) is 0 Å². The van der Waals surface area contributed by atoms with E-state index in [0.717, 1.165) is 44.9 Å². The highest BCUT2D eigenvalue weighted by Crippen LogP contribution is 2.16. The molecule has 1 atom stereocenters. The lowest BCUT2D eigenvalue weighted by Gasteiger charge is -2.23. The van der Waals surface area contributed by atoms with Gasteiger partial charge in [0.25, 0.3) is 0 Å². The van der Waals surface area contributed by atoms with Crippen molar-refractivity contribution >= 4 is 17.7 Å². The molecule has 24 heavy (non-hydrogen) atoms. The molecule has 0 saturated carbocycles. The molecule has 0 aliphatic rings. The molecule has 2 N–H and O–H groups in total. The predicted molar refractivity (Wildman–Crippen MR) is 106 cm³/mol. The van der Waals surface area contributed by atoms with Crippen molar-refractivity contribution in [2.24, 2.45) is 10.9 Å². The van der Waals surface area contributed by atoms with Gasteiger partial charge in [-0.3, -0.25) is 4.99 Å². The number of rotatable bonds is 10. The molecule has 0 aromatic heterocycles. The van der Waals surface area contributed by atoms with E-state index in [1.165, 1.54) is 10.5 Å². The molecule has 0 fully saturated rings. The smallest absolute Gasteiger partial charge is 0.193 e. The number of aliphatic hydroxyl groups is 1. The summed E-state index contributed by atoms with van der Waals surface area (Å²) < 4.78 is 0. The van der Waals surface area contributed by atoms with E-state index in [4.69, 9.17) is 4.99 Å². The Balaban J connectivity index is 2.71. The summed E-state index contributed by atoms with van der Waals surface area (Å²) in [5.74, 6) is 1.40. The summed E-state index contributed by atoms with van der Waals surface area (Å²) in [6.45, 7) is 6.98. The number of thioether (sulfide) groups is 1. The molecule has 0 aliphatic carbocycles. The largest absolute Gasteiger partial charge is 0.396 e. The second-order valence-corrected chi connectivity index (χ2v) is 6.95. The van der Waals surface area contributed by atoms with Crippen LogP contribution in [0.5, 0.6) is 0 Å². The topological polar surface area (TPSA) is 47.9 Å². The third-order valence-corrected chi connectivity index (χ3v) is 4.75. The zero-order valence-corrected chi connectivity index (χ0v) is 16.4. The van der Waals surface area contributed by atoms with Gasteiger partial charge in [0.1, 0.15) is 0 Å². The minimum atomic E-state index is 0.244. The average Bonchev–Trinajstić information content (AvgIpc) is 2.59. The fourth-order valence-corrected chi connectivity index (χ4v) is 3.09. The highest BCUT2D eigenvalue weighted by molar-refractivity contribution is 7.98. The predicted octanol–water partition coefficient (Wildman–Crippen LogP) is 3.60. The Morgan fingerprint density at radius 2 is 1.96 bits per heavy atom. The van der Waals surface area contributed by atoms with Crippen LogP contribution in [0.15, 0.2) is 34.2 Å². The van der Waals surface area contributed by atoms with E-state index >= 15 is 0 Å². The van der Waals surface area contributed by atoms with Crippen LogP contribution in [0.4, 0.5) is 0 Å². The van der Waals surface area contributed by atoms with Crippen molar-refractivity contribution in [3.05, 3.63) is 29.8 Å². The van der Waals surface area contributed by atoms with E-state index < -0.39 is 0 Å². The highest BCUT2D eigenvalue weighted by Gasteiger charge is 2.10. The van der Waals surface area contributed by atoms with E-state index in [0.29, 0.717) is 5.92 Å². The standard InChI is InChI=1S/C19H33N3OS/c1-5-7-16(12-13-23)14-21-19(20-6-2)22(3)15-17-8-10-18(24-4)11-9-17/h8-11,16,23H,5-7,12-15H2,1-4H3,(H,20,21). The van der Waals surface area contributed by atoms with Crippen LogP contribution in [-0.2, 0) is 6.54 Å². The highest BCUT2D eigenvalue weighted by atomic mass is 32.2. The van der Waals surface area contributed by atoms with Gasteiger partial charge in [-0.25, -0.2) is 0 Å². The molecule has 0 bridgehead atoms. The maximum Gasteiger partial charge on any atom is 0.193 e. The Kier molecular flexibility index (Phi) is 10.6. The second-order valence-electron chi connectivity index (χ2n) is 6.07. The summed E-state index contributed by atoms with van der Waals surface area (Å²) in [6.07, 6.45) is 5.17. The Hall–Kier alpha value is -1.20. The maximum atomic E-state index is 9.20. The van der Waals surface area contributed by atoms with E-state index in [-0.39, 0.29) is 6.61 Å². The first-order chi connectivity index (χ1) is 11.6. The quantitative estimate of drug-likeness (QED) is 0.384. The van der Waals surface area contributed by atoms with Gasteiger partial charge in [-0.2, -0.15) is 0 Å². The number of hydrogen-bond acceptors (Lipinski definition) is 3. The number of guanidine groups is 1. The normalized spacial score (nSPS) is 13.0. The Morgan fingerprint density at radius 3 is 2.50 bits per heavy atom. The molecule has 1 unspecified atom stereocenters. The first-order valence-corrected chi connectivity index (χ1v) is 10.1. The first-order valence-electron chi connectivity index (χ1n) is 8.87. The van der Waals surface area contributed by atoms with Gasteiger partial charge in [0, 0.05) is 38.2 Å². The summed E-state index contributed by atoms with van der Waals surface area (Å²) in [7, 11) is 2.07. The average molecular weight is 352 g/mol. The first kappa shape index (κ1) is 20.8. The van der Waals surface area contributed by atoms with E-state index in [1.807, 2.05) is 0 Å². The summed E-state index contributed by atoms with van der Waals surface area (Å²) in [5, 5.41) is 12.6. The van der Waals surface area contributed by atoms with Crippen molar-refractivity contribution in [2.75, 3.05) is 33.0 Å². The third-order valence-electron chi connectivity index (χ3n) is 4.01. The molecular weight excluding hydrogens is 318 g/mol. The maximum absolute atomic E-state index is 9.20. The summed E-state index contributed by atoms with van der Waals surface area (Å²) in [6, 6.07) is 8.68. The van der Waals surface area contributed by atoms with Crippen LogP contribution >= 0.6 is 11.8 Å². The molecular formula is C19H33N3OS. The van der Waals surface area contributed by atoms with Gasteiger partial charge in [-0.05, 0) is 49.6 Å². The Morgan fingerprint density at radius 1 is 1.25 bits per heavy atom. The monoisotopic (exact) mass is 351 g/mol. The molecule has 0 radical (unpaired) electrons. The van der Waals surface area contributed by atoms with Crippen LogP contribution in [-0.4, -0.2) is 49.0 Å². The molecule has 1 aromatic rings. The third kappa shape index (κ3) is 7.58. The van der Waals surface area contributed by atoms with Crippen molar-refractivity contribution in [3.8, 4) is 0 Å². The molecule has 4 nitrogen and oxygen atoms in total. The lowest BCUT2D eigenvalue weighted by molar-refractivity contribution is 0.253. The van der Waals surface area contributed by atoms with Crippen molar-refractivity contribution in [2.45, 2.75) is 44.6 Å². The van der Waals surface area contributed by atoms with Gasteiger partial charge in [-0.1, -0.05) is 25.5 Å². The fourth-order valence-electron chi connectivity index (χ4n) is 2.68. The van der Waals surface area contributed by atoms with E-state index in [1.54, 1.807) is 11.8 Å². The van der Waals surface area contributed by atoms with E-state index in [9.17, 15) is 5.11 Å². The number of nitrogens with one attached hydrogen (secondary N) is 1. The summed E-state index contributed by atoms with van der Waals surface area (Å²) in [4.78, 5) is 8.25. The lowest BCUT2D eigenvalue weighted by atomic mass is 10.0. The molecule has 5 heteroatoms. The zero-order chi connectivity index (χ0) is 17.8. The molecule has 0 aliphatic heterocycles. The SMILES string of the molecule is CCCC(CCO)CN=C(NCC)N(C)Cc1ccc(SC)cc1. The Labute approximate surface area is 151 Å². The van der Waals surface area contributed by atoms with Crippen LogP contribution in [0, 0.1) is 5.92 Å². The molecule has 0 heterocycles. The second kappa shape index (κ2) is 12.2.